The number of para-hydroxylation sites is 1. The predicted octanol–water partition coefficient (Wildman–Crippen LogP) is 2.72. The summed E-state index contributed by atoms with van der Waals surface area (Å²) in [6, 6.07) is 8.97. The molecule has 1 amide bonds. The minimum Gasteiger partial charge on any atom is -0.507 e. The fourth-order valence-electron chi connectivity index (χ4n) is 3.50. The fourth-order valence-corrected chi connectivity index (χ4v) is 3.50. The number of hydrogen-bond donors (Lipinski definition) is 2. The molecule has 1 aliphatic heterocycles. The molecular formula is C20H20N4O3. The molecular weight excluding hydrogens is 344 g/mol. The molecule has 4 rings (SSSR count). The van der Waals surface area contributed by atoms with Gasteiger partial charge in [-0.25, -0.2) is 0 Å². The molecule has 1 aliphatic rings. The van der Waals surface area contributed by atoms with Crippen LogP contribution in [0.5, 0.6) is 5.75 Å². The van der Waals surface area contributed by atoms with Gasteiger partial charge in [-0.05, 0) is 36.8 Å². The molecule has 3 heterocycles. The van der Waals surface area contributed by atoms with Crippen molar-refractivity contribution in [3.8, 4) is 17.0 Å². The quantitative estimate of drug-likeness (QED) is 0.697. The molecule has 1 fully saturated rings. The summed E-state index contributed by atoms with van der Waals surface area (Å²) in [5.74, 6) is 0.0411. The number of phenols is 1. The molecule has 1 saturated heterocycles. The normalized spacial score (nSPS) is 17.2. The Morgan fingerprint density at radius 1 is 1.41 bits per heavy atom. The molecule has 3 aromatic rings. The number of nitrogens with zero attached hydrogens (tertiary/aromatic N) is 3. The van der Waals surface area contributed by atoms with Gasteiger partial charge in [0.25, 0.3) is 0 Å². The maximum atomic E-state index is 11.9. The molecule has 7 heteroatoms. The summed E-state index contributed by atoms with van der Waals surface area (Å²) in [5.41, 5.74) is 3.94. The summed E-state index contributed by atoms with van der Waals surface area (Å²) in [6.45, 7) is 6.90. The Morgan fingerprint density at radius 3 is 3.00 bits per heavy atom. The Morgan fingerprint density at radius 2 is 2.22 bits per heavy atom. The first-order valence-electron chi connectivity index (χ1n) is 8.72. The number of ether oxygens (including phenoxy) is 1. The van der Waals surface area contributed by atoms with Crippen molar-refractivity contribution in [2.45, 2.75) is 12.8 Å². The van der Waals surface area contributed by atoms with Crippen LogP contribution >= 0.6 is 0 Å². The van der Waals surface area contributed by atoms with Gasteiger partial charge >= 0.3 is 0 Å². The molecule has 1 atom stereocenters. The van der Waals surface area contributed by atoms with Gasteiger partial charge in [-0.1, -0.05) is 18.7 Å². The molecule has 2 N–H and O–H groups in total. The number of aromatic hydroxyl groups is 1. The molecule has 0 saturated carbocycles. The molecule has 138 valence electrons. The van der Waals surface area contributed by atoms with Crippen molar-refractivity contribution >= 4 is 16.9 Å². The van der Waals surface area contributed by atoms with E-state index in [2.05, 4.69) is 21.8 Å². The number of aromatic amines is 1. The van der Waals surface area contributed by atoms with Crippen LogP contribution in [-0.2, 0) is 9.53 Å². The van der Waals surface area contributed by atoms with Crippen molar-refractivity contribution in [3.63, 3.8) is 0 Å². The van der Waals surface area contributed by atoms with Crippen molar-refractivity contribution < 1.29 is 14.6 Å². The third-order valence-corrected chi connectivity index (χ3v) is 4.94. The summed E-state index contributed by atoms with van der Waals surface area (Å²) >= 11 is 0. The van der Waals surface area contributed by atoms with E-state index in [0.717, 1.165) is 16.6 Å². The van der Waals surface area contributed by atoms with Crippen LogP contribution < -0.4 is 0 Å². The Kier molecular flexibility index (Phi) is 4.37. The maximum absolute atomic E-state index is 11.9. The minimum atomic E-state index is -0.143. The highest BCUT2D eigenvalue weighted by molar-refractivity contribution is 5.87. The summed E-state index contributed by atoms with van der Waals surface area (Å²) in [5, 5.41) is 19.6. The highest BCUT2D eigenvalue weighted by Gasteiger charge is 2.27. The van der Waals surface area contributed by atoms with E-state index >= 15 is 0 Å². The van der Waals surface area contributed by atoms with E-state index in [4.69, 9.17) is 4.74 Å². The number of aryl methyl sites for hydroxylation is 1. The molecule has 0 radical (unpaired) electrons. The van der Waals surface area contributed by atoms with Crippen LogP contribution in [0.25, 0.3) is 22.3 Å². The molecule has 0 bridgehead atoms. The highest BCUT2D eigenvalue weighted by atomic mass is 16.5. The van der Waals surface area contributed by atoms with Gasteiger partial charge in [-0.3, -0.25) is 4.79 Å². The van der Waals surface area contributed by atoms with Crippen LogP contribution in [0.1, 0.15) is 17.2 Å². The van der Waals surface area contributed by atoms with Crippen LogP contribution in [-0.4, -0.2) is 51.0 Å². The summed E-state index contributed by atoms with van der Waals surface area (Å²) < 4.78 is 5.60. The molecule has 7 nitrogen and oxygen atoms in total. The zero-order valence-electron chi connectivity index (χ0n) is 15.0. The van der Waals surface area contributed by atoms with Crippen LogP contribution in [0.2, 0.25) is 0 Å². The number of benzene rings is 1. The van der Waals surface area contributed by atoms with Gasteiger partial charge in [0, 0.05) is 29.1 Å². The molecule has 27 heavy (non-hydrogen) atoms. The Bertz CT molecular complexity index is 1030. The van der Waals surface area contributed by atoms with Crippen LogP contribution in [0, 0.1) is 6.92 Å². The maximum Gasteiger partial charge on any atom is 0.247 e. The molecule has 0 aliphatic carbocycles. The number of aromatic nitrogens is 3. The highest BCUT2D eigenvalue weighted by Crippen LogP contribution is 2.32. The van der Waals surface area contributed by atoms with Gasteiger partial charge in [0.15, 0.2) is 5.65 Å². The van der Waals surface area contributed by atoms with E-state index in [1.165, 1.54) is 6.08 Å². The number of hydrogen-bond acceptors (Lipinski definition) is 5. The first-order chi connectivity index (χ1) is 13.1. The van der Waals surface area contributed by atoms with Crippen molar-refractivity contribution in [2.75, 3.05) is 19.9 Å². The summed E-state index contributed by atoms with van der Waals surface area (Å²) in [4.78, 5) is 16.9. The lowest BCUT2D eigenvalue weighted by molar-refractivity contribution is -0.136. The van der Waals surface area contributed by atoms with E-state index in [-0.39, 0.29) is 24.3 Å². The van der Waals surface area contributed by atoms with Gasteiger partial charge in [0.1, 0.15) is 12.5 Å². The Balaban J connectivity index is 1.71. The number of amides is 1. The van der Waals surface area contributed by atoms with Crippen LogP contribution in [0.15, 0.2) is 43.0 Å². The number of H-pyrrole nitrogens is 1. The number of carbonyl (C=O) groups is 1. The topological polar surface area (TPSA) is 91.3 Å². The van der Waals surface area contributed by atoms with Crippen molar-refractivity contribution in [2.24, 2.45) is 0 Å². The van der Waals surface area contributed by atoms with Crippen molar-refractivity contribution in [1.29, 1.82) is 0 Å². The molecule has 0 spiro atoms. The SMILES string of the molecule is C=CC(=O)N1COCC(c2[nH]c3nnc(-c4ccccc4O)cc3c2C)C1. The first kappa shape index (κ1) is 17.2. The number of carbonyl (C=O) groups excluding carboxylic acids is 1. The second-order valence-corrected chi connectivity index (χ2v) is 6.63. The fraction of sp³-hybridized carbons (Fsp3) is 0.250. The monoisotopic (exact) mass is 364 g/mol. The second-order valence-electron chi connectivity index (χ2n) is 6.63. The van der Waals surface area contributed by atoms with E-state index in [1.807, 2.05) is 25.1 Å². The average molecular weight is 364 g/mol. The largest absolute Gasteiger partial charge is 0.507 e. The zero-order chi connectivity index (χ0) is 19.0. The lowest BCUT2D eigenvalue weighted by Crippen LogP contribution is -2.41. The first-order valence-corrected chi connectivity index (χ1v) is 8.72. The van der Waals surface area contributed by atoms with E-state index in [0.29, 0.717) is 30.1 Å². The van der Waals surface area contributed by atoms with Crippen molar-refractivity contribution in [1.82, 2.24) is 20.1 Å². The van der Waals surface area contributed by atoms with Crippen LogP contribution in [0.4, 0.5) is 0 Å². The van der Waals surface area contributed by atoms with Gasteiger partial charge in [0.2, 0.25) is 5.91 Å². The Hall–Kier alpha value is -3.19. The smallest absolute Gasteiger partial charge is 0.247 e. The Labute approximate surface area is 156 Å². The lowest BCUT2D eigenvalue weighted by Gasteiger charge is -2.32. The number of fused-ring (bicyclic) bond motifs is 1. The molecule has 2 aromatic heterocycles. The third-order valence-electron chi connectivity index (χ3n) is 4.94. The second kappa shape index (κ2) is 6.85. The van der Waals surface area contributed by atoms with Gasteiger partial charge in [-0.2, -0.15) is 0 Å². The van der Waals surface area contributed by atoms with Crippen LogP contribution in [0.3, 0.4) is 0 Å². The number of nitrogens with one attached hydrogen (secondary N) is 1. The van der Waals surface area contributed by atoms with Gasteiger partial charge in [-0.15, -0.1) is 10.2 Å². The van der Waals surface area contributed by atoms with E-state index < -0.39 is 0 Å². The van der Waals surface area contributed by atoms with Crippen molar-refractivity contribution in [3.05, 3.63) is 54.2 Å². The minimum absolute atomic E-state index is 0.0189. The lowest BCUT2D eigenvalue weighted by atomic mass is 10.00. The summed E-state index contributed by atoms with van der Waals surface area (Å²) in [6.07, 6.45) is 1.30. The standard InChI is InChI=1S/C20H20N4O3/c1-3-18(26)24-9-13(10-27-11-24)19-12(2)15-8-16(22-23-20(15)21-19)14-6-4-5-7-17(14)25/h3-8,13,25H,1,9-11H2,2H3,(H,21,23). The van der Waals surface area contributed by atoms with E-state index in [9.17, 15) is 9.90 Å². The third kappa shape index (κ3) is 3.06. The van der Waals surface area contributed by atoms with Gasteiger partial charge in [0.05, 0.1) is 12.3 Å². The number of rotatable bonds is 3. The predicted molar refractivity (Wildman–Crippen MR) is 101 cm³/mol. The van der Waals surface area contributed by atoms with Gasteiger partial charge < -0.3 is 19.7 Å². The summed E-state index contributed by atoms with van der Waals surface area (Å²) in [7, 11) is 0. The molecule has 1 unspecified atom stereocenters. The zero-order valence-corrected chi connectivity index (χ0v) is 15.0. The van der Waals surface area contributed by atoms with E-state index in [1.54, 1.807) is 17.0 Å². The average Bonchev–Trinajstić information content (AvgIpc) is 3.04. The number of phenolic OH excluding ortho intramolecular Hbond substituents is 1. The molecule has 1 aromatic carbocycles.